The number of carboxylic acids is 1. The lowest BCUT2D eigenvalue weighted by Gasteiger charge is -2.35. The van der Waals surface area contributed by atoms with Crippen LogP contribution in [0.15, 0.2) is 0 Å². The average molecular weight is 274 g/mol. The fraction of sp³-hybridized carbons (Fsp3) is 0.833. The van der Waals surface area contributed by atoms with E-state index in [9.17, 15) is 9.59 Å². The van der Waals surface area contributed by atoms with E-state index in [2.05, 4.69) is 12.2 Å². The molecular formula is C12H22N2O3S. The monoisotopic (exact) mass is 274 g/mol. The number of carbonyl (C=O) groups excluding carboxylic acids is 1. The Morgan fingerprint density at radius 2 is 2.28 bits per heavy atom. The number of thioether (sulfide) groups is 1. The van der Waals surface area contributed by atoms with Gasteiger partial charge in [-0.1, -0.05) is 13.3 Å². The van der Waals surface area contributed by atoms with Crippen molar-refractivity contribution in [3.63, 3.8) is 0 Å². The van der Waals surface area contributed by atoms with Gasteiger partial charge in [-0.2, -0.15) is 11.8 Å². The summed E-state index contributed by atoms with van der Waals surface area (Å²) in [4.78, 5) is 24.6. The van der Waals surface area contributed by atoms with Gasteiger partial charge in [0.1, 0.15) is 0 Å². The van der Waals surface area contributed by atoms with E-state index in [1.165, 1.54) is 0 Å². The van der Waals surface area contributed by atoms with Crippen LogP contribution < -0.4 is 5.32 Å². The molecule has 1 aliphatic heterocycles. The van der Waals surface area contributed by atoms with E-state index < -0.39 is 5.97 Å². The van der Waals surface area contributed by atoms with Gasteiger partial charge in [0.2, 0.25) is 0 Å². The molecule has 0 bridgehead atoms. The molecule has 2 amide bonds. The third-order valence-corrected chi connectivity index (χ3v) is 4.08. The molecule has 0 aromatic heterocycles. The molecule has 5 nitrogen and oxygen atoms in total. The Kier molecular flexibility index (Phi) is 6.32. The number of hydrogen-bond donors (Lipinski definition) is 2. The van der Waals surface area contributed by atoms with Crippen LogP contribution in [0, 0.1) is 0 Å². The van der Waals surface area contributed by atoms with Gasteiger partial charge in [0.15, 0.2) is 0 Å². The standard InChI is InChI=1S/C12H22N2O3S/c1-3-4-9(2)13-12(17)14-5-6-18-8-10(14)7-11(15)16/h9-10H,3-8H2,1-2H3,(H,13,17)(H,15,16). The molecule has 2 atom stereocenters. The van der Waals surface area contributed by atoms with Crippen LogP contribution in [-0.4, -0.2) is 52.1 Å². The van der Waals surface area contributed by atoms with Crippen molar-refractivity contribution in [3.8, 4) is 0 Å². The largest absolute Gasteiger partial charge is 0.481 e. The second kappa shape index (κ2) is 7.51. The maximum absolute atomic E-state index is 12.1. The average Bonchev–Trinajstić information content (AvgIpc) is 2.28. The molecule has 0 spiro atoms. The molecule has 0 radical (unpaired) electrons. The molecule has 1 fully saturated rings. The Morgan fingerprint density at radius 1 is 1.56 bits per heavy atom. The van der Waals surface area contributed by atoms with E-state index in [0.717, 1.165) is 18.6 Å². The minimum atomic E-state index is -0.845. The van der Waals surface area contributed by atoms with Gasteiger partial charge >= 0.3 is 12.0 Å². The Morgan fingerprint density at radius 3 is 2.89 bits per heavy atom. The minimum Gasteiger partial charge on any atom is -0.481 e. The van der Waals surface area contributed by atoms with E-state index >= 15 is 0 Å². The van der Waals surface area contributed by atoms with Gasteiger partial charge in [0.05, 0.1) is 12.5 Å². The number of amides is 2. The fourth-order valence-corrected chi connectivity index (χ4v) is 3.15. The first kappa shape index (κ1) is 15.1. The molecule has 1 saturated heterocycles. The molecule has 1 aliphatic rings. The van der Waals surface area contributed by atoms with Crippen LogP contribution >= 0.6 is 11.8 Å². The molecule has 1 rings (SSSR count). The fourth-order valence-electron chi connectivity index (χ4n) is 2.09. The van der Waals surface area contributed by atoms with Crippen molar-refractivity contribution in [2.45, 2.75) is 45.2 Å². The summed E-state index contributed by atoms with van der Waals surface area (Å²) in [6.45, 7) is 4.69. The summed E-state index contributed by atoms with van der Waals surface area (Å²) in [7, 11) is 0. The third-order valence-electron chi connectivity index (χ3n) is 2.99. The molecule has 0 aromatic rings. The maximum Gasteiger partial charge on any atom is 0.317 e. The van der Waals surface area contributed by atoms with Crippen LogP contribution in [0.25, 0.3) is 0 Å². The van der Waals surface area contributed by atoms with Crippen LogP contribution in [0.4, 0.5) is 4.79 Å². The van der Waals surface area contributed by atoms with Gasteiger partial charge in [-0.05, 0) is 13.3 Å². The molecule has 6 heteroatoms. The molecule has 2 N–H and O–H groups in total. The predicted molar refractivity (Wildman–Crippen MR) is 73.0 cm³/mol. The summed E-state index contributed by atoms with van der Waals surface area (Å²) in [5, 5.41) is 11.8. The number of aliphatic carboxylic acids is 1. The number of carboxylic acid groups (broad SMARTS) is 1. The number of nitrogens with one attached hydrogen (secondary N) is 1. The minimum absolute atomic E-state index is 0.0303. The summed E-state index contributed by atoms with van der Waals surface area (Å²) >= 11 is 1.71. The predicted octanol–water partition coefficient (Wildman–Crippen LogP) is 1.78. The summed E-state index contributed by atoms with van der Waals surface area (Å²) in [6, 6.07) is -0.167. The molecule has 0 aliphatic carbocycles. The third kappa shape index (κ3) is 4.76. The Hall–Kier alpha value is -0.910. The number of nitrogens with zero attached hydrogens (tertiary/aromatic N) is 1. The lowest BCUT2D eigenvalue weighted by molar-refractivity contribution is -0.137. The van der Waals surface area contributed by atoms with Gasteiger partial charge in [0, 0.05) is 24.1 Å². The molecule has 18 heavy (non-hydrogen) atoms. The van der Waals surface area contributed by atoms with E-state index in [0.29, 0.717) is 12.3 Å². The number of urea groups is 1. The summed E-state index contributed by atoms with van der Waals surface area (Å²) in [6.07, 6.45) is 2.00. The van der Waals surface area contributed by atoms with Crippen molar-refractivity contribution < 1.29 is 14.7 Å². The van der Waals surface area contributed by atoms with Crippen molar-refractivity contribution in [3.05, 3.63) is 0 Å². The SMILES string of the molecule is CCCC(C)NC(=O)N1CCSCC1CC(=O)O. The van der Waals surface area contributed by atoms with E-state index in [1.807, 2.05) is 6.92 Å². The second-order valence-electron chi connectivity index (χ2n) is 4.66. The van der Waals surface area contributed by atoms with Crippen molar-refractivity contribution in [1.82, 2.24) is 10.2 Å². The second-order valence-corrected chi connectivity index (χ2v) is 5.81. The van der Waals surface area contributed by atoms with Crippen LogP contribution in [0.2, 0.25) is 0 Å². The molecule has 0 aromatic carbocycles. The van der Waals surface area contributed by atoms with Gasteiger partial charge in [-0.25, -0.2) is 4.79 Å². The Bertz CT molecular complexity index is 299. The number of carbonyl (C=O) groups is 2. The first-order valence-corrected chi connectivity index (χ1v) is 7.56. The Balaban J connectivity index is 2.54. The smallest absolute Gasteiger partial charge is 0.317 e. The zero-order valence-electron chi connectivity index (χ0n) is 11.0. The normalized spacial score (nSPS) is 21.4. The van der Waals surface area contributed by atoms with E-state index in [1.54, 1.807) is 16.7 Å². The van der Waals surface area contributed by atoms with E-state index in [4.69, 9.17) is 5.11 Å². The summed E-state index contributed by atoms with van der Waals surface area (Å²) in [5.41, 5.74) is 0. The summed E-state index contributed by atoms with van der Waals surface area (Å²) < 4.78 is 0. The highest BCUT2D eigenvalue weighted by Gasteiger charge is 2.29. The topological polar surface area (TPSA) is 69.6 Å². The molecular weight excluding hydrogens is 252 g/mol. The zero-order chi connectivity index (χ0) is 13.5. The number of hydrogen-bond acceptors (Lipinski definition) is 3. The Labute approximate surface area is 112 Å². The maximum atomic E-state index is 12.1. The molecule has 1 heterocycles. The van der Waals surface area contributed by atoms with E-state index in [-0.39, 0.29) is 24.5 Å². The van der Waals surface area contributed by atoms with Gasteiger partial charge < -0.3 is 15.3 Å². The lowest BCUT2D eigenvalue weighted by Crippen LogP contribution is -2.52. The molecule has 104 valence electrons. The highest BCUT2D eigenvalue weighted by Crippen LogP contribution is 2.19. The molecule has 0 saturated carbocycles. The van der Waals surface area contributed by atoms with Crippen molar-refractivity contribution in [2.24, 2.45) is 0 Å². The van der Waals surface area contributed by atoms with Crippen LogP contribution in [-0.2, 0) is 4.79 Å². The first-order valence-electron chi connectivity index (χ1n) is 6.41. The van der Waals surface area contributed by atoms with Crippen molar-refractivity contribution in [1.29, 1.82) is 0 Å². The van der Waals surface area contributed by atoms with Gasteiger partial charge in [-0.15, -0.1) is 0 Å². The quantitative estimate of drug-likeness (QED) is 0.801. The lowest BCUT2D eigenvalue weighted by atomic mass is 10.2. The number of rotatable bonds is 5. The van der Waals surface area contributed by atoms with Crippen LogP contribution in [0.1, 0.15) is 33.1 Å². The van der Waals surface area contributed by atoms with Crippen LogP contribution in [0.5, 0.6) is 0 Å². The zero-order valence-corrected chi connectivity index (χ0v) is 11.8. The van der Waals surface area contributed by atoms with Gasteiger partial charge in [-0.3, -0.25) is 4.79 Å². The van der Waals surface area contributed by atoms with Crippen molar-refractivity contribution >= 4 is 23.8 Å². The molecule has 2 unspecified atom stereocenters. The van der Waals surface area contributed by atoms with Gasteiger partial charge in [0.25, 0.3) is 0 Å². The van der Waals surface area contributed by atoms with Crippen molar-refractivity contribution in [2.75, 3.05) is 18.1 Å². The highest BCUT2D eigenvalue weighted by molar-refractivity contribution is 7.99. The highest BCUT2D eigenvalue weighted by atomic mass is 32.2. The first-order chi connectivity index (χ1) is 8.54. The summed E-state index contributed by atoms with van der Waals surface area (Å²) in [5.74, 6) is 0.745. The van der Waals surface area contributed by atoms with Crippen LogP contribution in [0.3, 0.4) is 0 Å².